The van der Waals surface area contributed by atoms with Gasteiger partial charge in [0.15, 0.2) is 0 Å². The van der Waals surface area contributed by atoms with Gasteiger partial charge in [-0.1, -0.05) is 78.0 Å². The quantitative estimate of drug-likeness (QED) is 0.123. The van der Waals surface area contributed by atoms with Gasteiger partial charge < -0.3 is 19.1 Å². The minimum atomic E-state index is -0.253. The number of hydrogen-bond donors (Lipinski definition) is 0. The normalized spacial score (nSPS) is 12.5. The number of aryl methyl sites for hydroxylation is 8. The van der Waals surface area contributed by atoms with E-state index in [2.05, 4.69) is 196 Å². The van der Waals surface area contributed by atoms with Crippen molar-refractivity contribution in [3.63, 3.8) is 0 Å². The van der Waals surface area contributed by atoms with E-state index in [0.29, 0.717) is 11.6 Å². The number of para-hydroxylation sites is 4. The van der Waals surface area contributed by atoms with Crippen molar-refractivity contribution in [1.29, 1.82) is 0 Å². The molecule has 0 aliphatic carbocycles. The second-order valence-corrected chi connectivity index (χ2v) is 17.4. The fourth-order valence-corrected chi connectivity index (χ4v) is 10.4. The predicted molar refractivity (Wildman–Crippen MR) is 260 cm³/mol. The second kappa shape index (κ2) is 15.8. The smallest absolute Gasteiger partial charge is 0.466 e. The van der Waals surface area contributed by atoms with E-state index in [-0.39, 0.29) is 27.8 Å². The molecule has 0 amide bonds. The van der Waals surface area contributed by atoms with Gasteiger partial charge in [0.2, 0.25) is 12.6 Å². The van der Waals surface area contributed by atoms with Crippen molar-refractivity contribution in [3.05, 3.63) is 190 Å². The van der Waals surface area contributed by atoms with E-state index in [9.17, 15) is 0 Å². The molecule has 2 aliphatic rings. The molecule has 8 heteroatoms. The fraction of sp³-hybridized carbons (Fsp3) is 0.143. The average Bonchev–Trinajstić information content (AvgIpc) is 3.63. The van der Waals surface area contributed by atoms with E-state index >= 15 is 0 Å². The number of aromatic nitrogens is 3. The van der Waals surface area contributed by atoms with Gasteiger partial charge in [0.05, 0.1) is 16.9 Å². The zero-order valence-electron chi connectivity index (χ0n) is 37.2. The maximum absolute atomic E-state index is 6.56. The maximum Gasteiger partial charge on any atom is 2.00 e. The molecule has 2 aromatic heterocycles. The van der Waals surface area contributed by atoms with E-state index in [1.807, 2.05) is 18.2 Å². The van der Waals surface area contributed by atoms with Crippen molar-refractivity contribution in [3.8, 4) is 28.7 Å². The van der Waals surface area contributed by atoms with Crippen LogP contribution in [-0.2, 0) is 21.1 Å². The van der Waals surface area contributed by atoms with E-state index < -0.39 is 0 Å². The Morgan fingerprint density at radius 2 is 1.09 bits per heavy atom. The summed E-state index contributed by atoms with van der Waals surface area (Å²) in [5, 5.41) is 0. The summed E-state index contributed by atoms with van der Waals surface area (Å²) < 4.78 is 8.90. The number of pyridine rings is 1. The van der Waals surface area contributed by atoms with E-state index in [1.54, 1.807) is 6.20 Å². The molecule has 0 spiro atoms. The zero-order valence-corrected chi connectivity index (χ0v) is 39.5. The average molecular weight is 1010 g/mol. The van der Waals surface area contributed by atoms with Crippen LogP contribution in [0.15, 0.2) is 134 Å². The van der Waals surface area contributed by atoms with Crippen LogP contribution < -0.4 is 30.9 Å². The summed E-state index contributed by atoms with van der Waals surface area (Å²) >= 11 is 0. The van der Waals surface area contributed by atoms with Crippen molar-refractivity contribution in [2.75, 3.05) is 9.80 Å². The molecule has 0 radical (unpaired) electrons. The van der Waals surface area contributed by atoms with Crippen molar-refractivity contribution >= 4 is 68.3 Å². The Labute approximate surface area is 390 Å². The third kappa shape index (κ3) is 6.51. The van der Waals surface area contributed by atoms with Gasteiger partial charge in [0.1, 0.15) is 0 Å². The van der Waals surface area contributed by atoms with Gasteiger partial charge >= 0.3 is 21.1 Å². The minimum Gasteiger partial charge on any atom is -0.466 e. The number of benzene rings is 7. The molecule has 0 bridgehead atoms. The van der Waals surface area contributed by atoms with Crippen molar-refractivity contribution in [1.82, 2.24) is 14.5 Å². The zero-order chi connectivity index (χ0) is 43.3. The molecule has 64 heavy (non-hydrogen) atoms. The molecule has 0 unspecified atom stereocenters. The number of ether oxygens (including phenoxy) is 1. The Hall–Kier alpha value is -6.69. The van der Waals surface area contributed by atoms with Crippen LogP contribution in [0.4, 0.5) is 34.1 Å². The first-order valence-corrected chi connectivity index (χ1v) is 21.7. The first kappa shape index (κ1) is 41.3. The number of imidazole rings is 1. The molecular weight excluding hydrogens is 965 g/mol. The summed E-state index contributed by atoms with van der Waals surface area (Å²) in [5.74, 6) is 2.00. The van der Waals surface area contributed by atoms with Crippen LogP contribution in [0.2, 0.25) is 0 Å². The van der Waals surface area contributed by atoms with E-state index in [0.717, 1.165) is 73.0 Å². The molecule has 4 heterocycles. The maximum atomic E-state index is 6.56. The van der Waals surface area contributed by atoms with Crippen LogP contribution in [0.25, 0.3) is 28.1 Å². The monoisotopic (exact) mass is 1010 g/mol. The Bertz CT molecular complexity index is 3280. The molecule has 0 N–H and O–H groups in total. The van der Waals surface area contributed by atoms with Gasteiger partial charge in [-0.3, -0.25) is 4.98 Å². The molecule has 11 rings (SSSR count). The van der Waals surface area contributed by atoms with Crippen molar-refractivity contribution < 1.29 is 25.8 Å². The topological polar surface area (TPSA) is 46.4 Å². The number of nitrogens with zero attached hydrogens (tertiary/aromatic N) is 5. The summed E-state index contributed by atoms with van der Waals surface area (Å²) in [6.45, 7) is 17.2. The Morgan fingerprint density at radius 3 is 1.72 bits per heavy atom. The number of fused-ring (bicyclic) bond motifs is 5. The van der Waals surface area contributed by atoms with Crippen molar-refractivity contribution in [2.24, 2.45) is 0 Å². The second-order valence-electron chi connectivity index (χ2n) is 17.4. The van der Waals surface area contributed by atoms with Crippen molar-refractivity contribution in [2.45, 2.75) is 55.4 Å². The van der Waals surface area contributed by atoms with Crippen LogP contribution in [-0.4, -0.2) is 21.2 Å². The Balaban J connectivity index is 0.00000484. The SMILES string of the molecule is Cc1ccnc(Oc2[c-]c3c(cc2)N(c2c(C)cccc2C)c2cccc4c2B3c2[c-]c(-c3nc5ccccc5n3-c3c(C)cc(C)cc3C)ccc2N4c2c(C)cccc2C)c1.[Pt+2]. The molecule has 9 aromatic rings. The summed E-state index contributed by atoms with van der Waals surface area (Å²) in [5.41, 5.74) is 23.5. The fourth-order valence-electron chi connectivity index (χ4n) is 10.4. The molecule has 6 nitrogen and oxygen atoms in total. The Morgan fingerprint density at radius 1 is 0.516 bits per heavy atom. The summed E-state index contributed by atoms with van der Waals surface area (Å²) in [6.07, 6.45) is 1.79. The molecule has 0 atom stereocenters. The summed E-state index contributed by atoms with van der Waals surface area (Å²) in [6, 6.07) is 53.5. The van der Waals surface area contributed by atoms with Gasteiger partial charge in [-0.2, -0.15) is 5.46 Å². The first-order valence-electron chi connectivity index (χ1n) is 21.7. The molecule has 0 saturated carbocycles. The molecule has 7 aromatic carbocycles. The van der Waals surface area contributed by atoms with E-state index in [1.165, 1.54) is 50.1 Å². The van der Waals surface area contributed by atoms with Gasteiger partial charge in [-0.25, -0.2) is 4.98 Å². The molecule has 0 fully saturated rings. The van der Waals surface area contributed by atoms with Crippen LogP contribution in [0.3, 0.4) is 0 Å². The first-order chi connectivity index (χ1) is 30.5. The molecule has 2 aliphatic heterocycles. The van der Waals surface area contributed by atoms with Gasteiger partial charge in [0.25, 0.3) is 0 Å². The number of hydrogen-bond acceptors (Lipinski definition) is 5. The molecule has 314 valence electrons. The van der Waals surface area contributed by atoms with Gasteiger partial charge in [-0.15, -0.1) is 47.4 Å². The molecular formula is C56H46BN5OPt. The summed E-state index contributed by atoms with van der Waals surface area (Å²) in [7, 11) is 0. The van der Waals surface area contributed by atoms with Crippen LogP contribution in [0, 0.1) is 67.5 Å². The number of rotatable bonds is 6. The van der Waals surface area contributed by atoms with Crippen LogP contribution >= 0.6 is 0 Å². The Kier molecular flexibility index (Phi) is 10.2. The minimum absolute atomic E-state index is 0. The third-order valence-electron chi connectivity index (χ3n) is 12.9. The molecule has 0 saturated heterocycles. The largest absolute Gasteiger partial charge is 2.00 e. The number of anilines is 6. The standard InChI is InChI=1S/C56H46BN5O.Pt/c1-33-26-27-58-51(30-33)63-42-23-25-47-44(32-42)57-43-31-41(56-59-45-18-9-10-19-48(45)62(56)55-39(7)28-34(2)29-40(55)8)22-24-46(43)60(53-35(3)14-11-15-36(53)4)49-20-13-21-50(52(49)57)61(47)54-37(5)16-12-17-38(54)6;/h9-30H,1-8H3;/q-2;+2. The summed E-state index contributed by atoms with van der Waals surface area (Å²) in [4.78, 5) is 14.9. The van der Waals surface area contributed by atoms with Crippen LogP contribution in [0.1, 0.15) is 44.5 Å². The van der Waals surface area contributed by atoms with E-state index in [4.69, 9.17) is 9.72 Å². The third-order valence-corrected chi connectivity index (χ3v) is 12.9. The van der Waals surface area contributed by atoms with Gasteiger partial charge in [0, 0.05) is 46.4 Å². The van der Waals surface area contributed by atoms with Gasteiger partial charge in [-0.05, 0) is 136 Å². The predicted octanol–water partition coefficient (Wildman–Crippen LogP) is 12.0. The van der Waals surface area contributed by atoms with Crippen LogP contribution in [0.5, 0.6) is 11.6 Å².